The number of aliphatic hydroxyl groups excluding tert-OH is 1. The van der Waals surface area contributed by atoms with E-state index in [2.05, 4.69) is 20.9 Å². The second-order valence-electron chi connectivity index (χ2n) is 6.36. The molecule has 1 aliphatic rings. The van der Waals surface area contributed by atoms with Crippen LogP contribution in [0.15, 0.2) is 46.9 Å². The van der Waals surface area contributed by atoms with Gasteiger partial charge in [-0.1, -0.05) is 22.0 Å². The van der Waals surface area contributed by atoms with E-state index in [1.807, 2.05) is 0 Å². The smallest absolute Gasteiger partial charge is 0.433 e. The van der Waals surface area contributed by atoms with Crippen molar-refractivity contribution in [2.24, 2.45) is 5.92 Å². The van der Waals surface area contributed by atoms with Gasteiger partial charge in [0.05, 0.1) is 18.6 Å². The molecular weight excluding hydrogens is 459 g/mol. The van der Waals surface area contributed by atoms with Gasteiger partial charge in [0.25, 0.3) is 0 Å². The largest absolute Gasteiger partial charge is 0.491 e. The standard InChI is InChI=1S/C19H17BrF3NO5/c20-11-4-6-12(7-5-11)27-10-15-18(26)13(8-25)14(9-28-15)29-17-3-1-2-16(24-17)19(21,22)23/h1-8,13-15,18,26H,9-10H2/t13-,14+,15-,18-/m1/s1. The van der Waals surface area contributed by atoms with Gasteiger partial charge in [-0.05, 0) is 30.3 Å². The van der Waals surface area contributed by atoms with Crippen LogP contribution in [0.5, 0.6) is 11.6 Å². The Labute approximate surface area is 172 Å². The number of aldehydes is 1. The van der Waals surface area contributed by atoms with Crippen LogP contribution in [0.1, 0.15) is 5.69 Å². The van der Waals surface area contributed by atoms with Crippen LogP contribution >= 0.6 is 15.9 Å². The highest BCUT2D eigenvalue weighted by atomic mass is 79.9. The van der Waals surface area contributed by atoms with Gasteiger partial charge in [-0.25, -0.2) is 4.98 Å². The first-order chi connectivity index (χ1) is 13.8. The molecule has 10 heteroatoms. The van der Waals surface area contributed by atoms with E-state index in [1.165, 1.54) is 6.07 Å². The summed E-state index contributed by atoms with van der Waals surface area (Å²) >= 11 is 3.31. The first-order valence-corrected chi connectivity index (χ1v) is 9.41. The van der Waals surface area contributed by atoms with Gasteiger partial charge < -0.3 is 24.1 Å². The second-order valence-corrected chi connectivity index (χ2v) is 7.27. The van der Waals surface area contributed by atoms with E-state index < -0.39 is 36.1 Å². The van der Waals surface area contributed by atoms with Crippen LogP contribution in [0.25, 0.3) is 0 Å². The number of ether oxygens (including phenoxy) is 3. The van der Waals surface area contributed by atoms with E-state index in [4.69, 9.17) is 14.2 Å². The number of halogens is 4. The molecule has 6 nitrogen and oxygen atoms in total. The van der Waals surface area contributed by atoms with Crippen molar-refractivity contribution in [3.05, 3.63) is 52.6 Å². The Morgan fingerprint density at radius 2 is 1.97 bits per heavy atom. The minimum absolute atomic E-state index is 0.0122. The van der Waals surface area contributed by atoms with Gasteiger partial charge in [0.1, 0.15) is 36.5 Å². The number of hydrogen-bond acceptors (Lipinski definition) is 6. The molecule has 4 atom stereocenters. The normalized spacial score (nSPS) is 24.7. The van der Waals surface area contributed by atoms with Gasteiger partial charge in [0.2, 0.25) is 5.88 Å². The zero-order valence-corrected chi connectivity index (χ0v) is 16.5. The SMILES string of the molecule is O=C[C@H]1[C@@H](O)[C@@H](COc2ccc(Br)cc2)OC[C@@H]1Oc1cccc(C(F)(F)F)n1. The summed E-state index contributed by atoms with van der Waals surface area (Å²) < 4.78 is 55.8. The Balaban J connectivity index is 1.63. The van der Waals surface area contributed by atoms with Crippen molar-refractivity contribution in [3.8, 4) is 11.6 Å². The molecule has 0 saturated carbocycles. The summed E-state index contributed by atoms with van der Waals surface area (Å²) in [6.07, 6.45) is -7.17. The Bertz CT molecular complexity index is 833. The molecule has 156 valence electrons. The van der Waals surface area contributed by atoms with Crippen LogP contribution in [0.4, 0.5) is 13.2 Å². The molecule has 1 aromatic carbocycles. The number of hydrogen-bond donors (Lipinski definition) is 1. The Morgan fingerprint density at radius 1 is 1.24 bits per heavy atom. The Kier molecular flexibility index (Phi) is 6.76. The lowest BCUT2D eigenvalue weighted by Crippen LogP contribution is -2.53. The molecule has 3 rings (SSSR count). The average molecular weight is 476 g/mol. The molecule has 1 aliphatic heterocycles. The fourth-order valence-electron chi connectivity index (χ4n) is 2.83. The molecule has 0 bridgehead atoms. The molecule has 29 heavy (non-hydrogen) atoms. The highest BCUT2D eigenvalue weighted by molar-refractivity contribution is 9.10. The molecule has 0 radical (unpaired) electrons. The van der Waals surface area contributed by atoms with E-state index in [-0.39, 0.29) is 19.1 Å². The van der Waals surface area contributed by atoms with Crippen LogP contribution in [0.2, 0.25) is 0 Å². The lowest BCUT2D eigenvalue weighted by atomic mass is 9.91. The zero-order valence-electron chi connectivity index (χ0n) is 14.9. The lowest BCUT2D eigenvalue weighted by molar-refractivity contribution is -0.165. The first kappa shape index (κ1) is 21.5. The number of pyridine rings is 1. The monoisotopic (exact) mass is 475 g/mol. The Hall–Kier alpha value is -2.17. The van der Waals surface area contributed by atoms with Crippen LogP contribution in [-0.2, 0) is 15.7 Å². The summed E-state index contributed by atoms with van der Waals surface area (Å²) in [5.74, 6) is -0.770. The van der Waals surface area contributed by atoms with Crippen LogP contribution in [-0.4, -0.2) is 47.9 Å². The molecule has 1 saturated heterocycles. The highest BCUT2D eigenvalue weighted by Gasteiger charge is 2.41. The van der Waals surface area contributed by atoms with E-state index in [9.17, 15) is 23.1 Å². The molecule has 0 aliphatic carbocycles. The summed E-state index contributed by atoms with van der Waals surface area (Å²) in [6.45, 7) is -0.131. The Morgan fingerprint density at radius 3 is 2.62 bits per heavy atom. The zero-order chi connectivity index (χ0) is 21.0. The van der Waals surface area contributed by atoms with Crippen molar-refractivity contribution in [2.45, 2.75) is 24.5 Å². The van der Waals surface area contributed by atoms with Gasteiger partial charge in [0, 0.05) is 10.5 Å². The summed E-state index contributed by atoms with van der Waals surface area (Å²) in [5.41, 5.74) is -1.12. The molecular formula is C19H17BrF3NO5. The average Bonchev–Trinajstić information content (AvgIpc) is 2.68. The number of benzene rings is 1. The number of aromatic nitrogens is 1. The fourth-order valence-corrected chi connectivity index (χ4v) is 3.09. The minimum Gasteiger partial charge on any atom is -0.491 e. The number of carbonyl (C=O) groups excluding carboxylic acids is 1. The van der Waals surface area contributed by atoms with E-state index in [1.54, 1.807) is 24.3 Å². The third-order valence-corrected chi connectivity index (χ3v) is 4.88. The maximum Gasteiger partial charge on any atom is 0.433 e. The number of alkyl halides is 3. The maximum absolute atomic E-state index is 12.8. The van der Waals surface area contributed by atoms with Crippen LogP contribution in [0, 0.1) is 5.92 Å². The molecule has 0 amide bonds. The van der Waals surface area contributed by atoms with Gasteiger partial charge in [-0.3, -0.25) is 0 Å². The van der Waals surface area contributed by atoms with Crippen molar-refractivity contribution in [3.63, 3.8) is 0 Å². The molecule has 1 fully saturated rings. The molecule has 1 aromatic heterocycles. The van der Waals surface area contributed by atoms with Crippen molar-refractivity contribution in [1.82, 2.24) is 4.98 Å². The quantitative estimate of drug-likeness (QED) is 0.646. The minimum atomic E-state index is -4.62. The lowest BCUT2D eigenvalue weighted by Gasteiger charge is -2.37. The highest BCUT2D eigenvalue weighted by Crippen LogP contribution is 2.30. The third kappa shape index (κ3) is 5.46. The predicted molar refractivity (Wildman–Crippen MR) is 98.6 cm³/mol. The molecule has 2 aromatic rings. The van der Waals surface area contributed by atoms with Gasteiger partial charge in [0.15, 0.2) is 0 Å². The topological polar surface area (TPSA) is 77.9 Å². The predicted octanol–water partition coefficient (Wildman–Crippen LogP) is 3.26. The van der Waals surface area contributed by atoms with Crippen LogP contribution in [0.3, 0.4) is 0 Å². The van der Waals surface area contributed by atoms with E-state index in [0.29, 0.717) is 12.0 Å². The molecule has 2 heterocycles. The van der Waals surface area contributed by atoms with E-state index >= 15 is 0 Å². The van der Waals surface area contributed by atoms with Crippen molar-refractivity contribution in [2.75, 3.05) is 13.2 Å². The van der Waals surface area contributed by atoms with Gasteiger partial charge >= 0.3 is 6.18 Å². The molecule has 0 spiro atoms. The number of nitrogens with zero attached hydrogens (tertiary/aromatic N) is 1. The number of rotatable bonds is 6. The first-order valence-electron chi connectivity index (χ1n) is 8.62. The molecule has 0 unspecified atom stereocenters. The third-order valence-electron chi connectivity index (χ3n) is 4.35. The summed E-state index contributed by atoms with van der Waals surface area (Å²) in [6, 6.07) is 10.2. The number of aliphatic hydroxyl groups is 1. The second kappa shape index (κ2) is 9.10. The van der Waals surface area contributed by atoms with Crippen molar-refractivity contribution < 1.29 is 37.3 Å². The summed E-state index contributed by atoms with van der Waals surface area (Å²) in [7, 11) is 0. The number of carbonyl (C=O) groups is 1. The van der Waals surface area contributed by atoms with Crippen molar-refractivity contribution >= 4 is 22.2 Å². The maximum atomic E-state index is 12.8. The summed E-state index contributed by atoms with van der Waals surface area (Å²) in [4.78, 5) is 14.9. The summed E-state index contributed by atoms with van der Waals surface area (Å²) in [5, 5.41) is 10.5. The van der Waals surface area contributed by atoms with E-state index in [0.717, 1.165) is 16.6 Å². The van der Waals surface area contributed by atoms with Gasteiger partial charge in [-0.2, -0.15) is 13.2 Å². The fraction of sp³-hybridized carbons (Fsp3) is 0.368. The van der Waals surface area contributed by atoms with Crippen molar-refractivity contribution in [1.29, 1.82) is 0 Å². The molecule has 1 N–H and O–H groups in total. The van der Waals surface area contributed by atoms with Crippen LogP contribution < -0.4 is 9.47 Å². The van der Waals surface area contributed by atoms with Gasteiger partial charge in [-0.15, -0.1) is 0 Å².